The smallest absolute Gasteiger partial charge is 0.337 e. The fourth-order valence-corrected chi connectivity index (χ4v) is 2.10. The third kappa shape index (κ3) is 3.10. The van der Waals surface area contributed by atoms with Gasteiger partial charge in [-0.05, 0) is 25.5 Å². The molecule has 0 aliphatic rings. The standard InChI is InChI=1S/C14H21NO4/c1-5-9-15(6-2)12-10(14(16)17)7-8-11(18-3)13(12)19-4/h7-8H,5-6,9H2,1-4H3,(H,16,17). The Labute approximate surface area is 113 Å². The van der Waals surface area contributed by atoms with Crippen LogP contribution in [0.25, 0.3) is 0 Å². The molecule has 0 heterocycles. The van der Waals surface area contributed by atoms with E-state index in [1.54, 1.807) is 12.1 Å². The highest BCUT2D eigenvalue weighted by molar-refractivity contribution is 5.97. The summed E-state index contributed by atoms with van der Waals surface area (Å²) in [5, 5.41) is 9.34. The monoisotopic (exact) mass is 267 g/mol. The maximum Gasteiger partial charge on any atom is 0.337 e. The van der Waals surface area contributed by atoms with Crippen molar-refractivity contribution in [1.82, 2.24) is 0 Å². The minimum Gasteiger partial charge on any atom is -0.493 e. The largest absolute Gasteiger partial charge is 0.493 e. The van der Waals surface area contributed by atoms with E-state index in [-0.39, 0.29) is 5.56 Å². The van der Waals surface area contributed by atoms with Gasteiger partial charge in [0, 0.05) is 13.1 Å². The van der Waals surface area contributed by atoms with Crippen LogP contribution in [-0.4, -0.2) is 38.4 Å². The van der Waals surface area contributed by atoms with Crippen molar-refractivity contribution < 1.29 is 19.4 Å². The number of aromatic carboxylic acids is 1. The number of rotatable bonds is 7. The van der Waals surface area contributed by atoms with E-state index in [1.807, 2.05) is 11.8 Å². The summed E-state index contributed by atoms with van der Waals surface area (Å²) >= 11 is 0. The van der Waals surface area contributed by atoms with Gasteiger partial charge in [-0.2, -0.15) is 0 Å². The van der Waals surface area contributed by atoms with Crippen LogP contribution >= 0.6 is 0 Å². The lowest BCUT2D eigenvalue weighted by atomic mass is 10.1. The second-order valence-corrected chi connectivity index (χ2v) is 4.08. The zero-order valence-electron chi connectivity index (χ0n) is 11.9. The van der Waals surface area contributed by atoms with Crippen LogP contribution in [0.1, 0.15) is 30.6 Å². The molecule has 0 saturated heterocycles. The van der Waals surface area contributed by atoms with Crippen molar-refractivity contribution in [3.63, 3.8) is 0 Å². The number of methoxy groups -OCH3 is 2. The molecule has 1 aromatic carbocycles. The fraction of sp³-hybridized carbons (Fsp3) is 0.500. The lowest BCUT2D eigenvalue weighted by molar-refractivity contribution is 0.0697. The number of carboxylic acids is 1. The summed E-state index contributed by atoms with van der Waals surface area (Å²) in [5.41, 5.74) is 0.812. The Morgan fingerprint density at radius 3 is 2.37 bits per heavy atom. The zero-order chi connectivity index (χ0) is 14.4. The Morgan fingerprint density at radius 2 is 1.95 bits per heavy atom. The number of nitrogens with zero attached hydrogens (tertiary/aromatic N) is 1. The van der Waals surface area contributed by atoms with E-state index in [9.17, 15) is 9.90 Å². The van der Waals surface area contributed by atoms with Gasteiger partial charge < -0.3 is 19.5 Å². The zero-order valence-corrected chi connectivity index (χ0v) is 11.9. The molecule has 19 heavy (non-hydrogen) atoms. The third-order valence-corrected chi connectivity index (χ3v) is 2.94. The number of carbonyl (C=O) groups is 1. The maximum absolute atomic E-state index is 11.4. The molecule has 5 heteroatoms. The van der Waals surface area contributed by atoms with Crippen LogP contribution in [0.3, 0.4) is 0 Å². The van der Waals surface area contributed by atoms with Gasteiger partial charge in [-0.25, -0.2) is 4.79 Å². The van der Waals surface area contributed by atoms with Crippen molar-refractivity contribution in [2.45, 2.75) is 20.3 Å². The van der Waals surface area contributed by atoms with Crippen molar-refractivity contribution in [2.24, 2.45) is 0 Å². The van der Waals surface area contributed by atoms with E-state index in [2.05, 4.69) is 6.92 Å². The topological polar surface area (TPSA) is 59.0 Å². The number of benzene rings is 1. The second-order valence-electron chi connectivity index (χ2n) is 4.08. The first-order valence-electron chi connectivity index (χ1n) is 6.33. The second kappa shape index (κ2) is 6.87. The molecule has 0 spiro atoms. The number of ether oxygens (including phenoxy) is 2. The summed E-state index contributed by atoms with van der Waals surface area (Å²) in [6.45, 7) is 5.51. The Hall–Kier alpha value is -1.91. The summed E-state index contributed by atoms with van der Waals surface area (Å²) in [6.07, 6.45) is 0.924. The van der Waals surface area contributed by atoms with Crippen LogP contribution < -0.4 is 14.4 Å². The van der Waals surface area contributed by atoms with Gasteiger partial charge in [0.05, 0.1) is 25.5 Å². The molecular formula is C14H21NO4. The van der Waals surface area contributed by atoms with Crippen LogP contribution in [0.4, 0.5) is 5.69 Å². The number of hydrogen-bond acceptors (Lipinski definition) is 4. The van der Waals surface area contributed by atoms with Crippen molar-refractivity contribution in [3.8, 4) is 11.5 Å². The lowest BCUT2D eigenvalue weighted by Gasteiger charge is -2.27. The quantitative estimate of drug-likeness (QED) is 0.823. The average molecular weight is 267 g/mol. The highest BCUT2D eigenvalue weighted by Gasteiger charge is 2.22. The van der Waals surface area contributed by atoms with Gasteiger partial charge in [0.2, 0.25) is 0 Å². The molecule has 0 aliphatic carbocycles. The molecule has 0 amide bonds. The molecule has 0 unspecified atom stereocenters. The lowest BCUT2D eigenvalue weighted by Crippen LogP contribution is -2.26. The Kier molecular flexibility index (Phi) is 5.48. The Morgan fingerprint density at radius 1 is 1.26 bits per heavy atom. The maximum atomic E-state index is 11.4. The summed E-state index contributed by atoms with van der Waals surface area (Å²) in [4.78, 5) is 13.4. The first-order valence-corrected chi connectivity index (χ1v) is 6.33. The minimum absolute atomic E-state index is 0.230. The van der Waals surface area contributed by atoms with E-state index in [4.69, 9.17) is 9.47 Å². The molecule has 0 saturated carbocycles. The molecule has 0 fully saturated rings. The van der Waals surface area contributed by atoms with Crippen molar-refractivity contribution >= 4 is 11.7 Å². The molecule has 0 radical (unpaired) electrons. The van der Waals surface area contributed by atoms with Gasteiger partial charge in [-0.3, -0.25) is 0 Å². The van der Waals surface area contributed by atoms with Crippen LogP contribution in [0, 0.1) is 0 Å². The molecule has 1 aromatic rings. The van der Waals surface area contributed by atoms with Crippen molar-refractivity contribution in [2.75, 3.05) is 32.2 Å². The van der Waals surface area contributed by atoms with Crippen LogP contribution in [0.15, 0.2) is 12.1 Å². The number of hydrogen-bond donors (Lipinski definition) is 1. The van der Waals surface area contributed by atoms with Gasteiger partial charge in [-0.1, -0.05) is 6.92 Å². The SMILES string of the molecule is CCCN(CC)c1c(C(=O)O)ccc(OC)c1OC. The van der Waals surface area contributed by atoms with E-state index >= 15 is 0 Å². The van der Waals surface area contributed by atoms with Crippen molar-refractivity contribution in [1.29, 1.82) is 0 Å². The highest BCUT2D eigenvalue weighted by atomic mass is 16.5. The van der Waals surface area contributed by atoms with E-state index in [0.29, 0.717) is 23.7 Å². The molecule has 1 rings (SSSR count). The van der Waals surface area contributed by atoms with Gasteiger partial charge in [0.15, 0.2) is 11.5 Å². The summed E-state index contributed by atoms with van der Waals surface area (Å²) in [6, 6.07) is 3.17. The van der Waals surface area contributed by atoms with Gasteiger partial charge >= 0.3 is 5.97 Å². The fourth-order valence-electron chi connectivity index (χ4n) is 2.10. The van der Waals surface area contributed by atoms with Crippen LogP contribution in [-0.2, 0) is 0 Å². The first kappa shape index (κ1) is 15.1. The molecular weight excluding hydrogens is 246 g/mol. The van der Waals surface area contributed by atoms with E-state index in [0.717, 1.165) is 13.0 Å². The van der Waals surface area contributed by atoms with Gasteiger partial charge in [0.25, 0.3) is 0 Å². The van der Waals surface area contributed by atoms with Crippen LogP contribution in [0.2, 0.25) is 0 Å². The molecule has 1 N–H and O–H groups in total. The van der Waals surface area contributed by atoms with Crippen LogP contribution in [0.5, 0.6) is 11.5 Å². The van der Waals surface area contributed by atoms with Crippen molar-refractivity contribution in [3.05, 3.63) is 17.7 Å². The summed E-state index contributed by atoms with van der Waals surface area (Å²) in [7, 11) is 3.06. The highest BCUT2D eigenvalue weighted by Crippen LogP contribution is 2.40. The molecule has 0 aromatic heterocycles. The minimum atomic E-state index is -0.967. The predicted molar refractivity (Wildman–Crippen MR) is 74.7 cm³/mol. The first-order chi connectivity index (χ1) is 9.10. The molecule has 5 nitrogen and oxygen atoms in total. The summed E-state index contributed by atoms with van der Waals surface area (Å²) < 4.78 is 10.6. The summed E-state index contributed by atoms with van der Waals surface area (Å²) in [5.74, 6) is 0.0419. The number of anilines is 1. The molecule has 0 atom stereocenters. The van der Waals surface area contributed by atoms with Gasteiger partial charge in [0.1, 0.15) is 0 Å². The average Bonchev–Trinajstić information content (AvgIpc) is 2.42. The molecule has 106 valence electrons. The predicted octanol–water partition coefficient (Wildman–Crippen LogP) is 2.64. The number of carboxylic acid groups (broad SMARTS) is 1. The van der Waals surface area contributed by atoms with Gasteiger partial charge in [-0.15, -0.1) is 0 Å². The molecule has 0 aliphatic heterocycles. The van der Waals surface area contributed by atoms with E-state index < -0.39 is 5.97 Å². The normalized spacial score (nSPS) is 10.1. The molecule has 0 bridgehead atoms. The van der Waals surface area contributed by atoms with E-state index in [1.165, 1.54) is 14.2 Å². The third-order valence-electron chi connectivity index (χ3n) is 2.94. The Balaban J connectivity index is 3.47. The Bertz CT molecular complexity index is 445.